The molecule has 1 fully saturated rings. The molecule has 1 saturated carbocycles. The summed E-state index contributed by atoms with van der Waals surface area (Å²) in [5.41, 5.74) is 8.12. The summed E-state index contributed by atoms with van der Waals surface area (Å²) in [6, 6.07) is 7.92. The first-order chi connectivity index (χ1) is 19.5. The van der Waals surface area contributed by atoms with E-state index in [1.807, 2.05) is 29.9 Å². The summed E-state index contributed by atoms with van der Waals surface area (Å²) >= 11 is 0. The van der Waals surface area contributed by atoms with Gasteiger partial charge in [-0.2, -0.15) is 5.26 Å². The van der Waals surface area contributed by atoms with Crippen LogP contribution in [0.25, 0.3) is 11.1 Å². The van der Waals surface area contributed by atoms with Crippen molar-refractivity contribution in [2.45, 2.75) is 58.1 Å². The first-order valence-electron chi connectivity index (χ1n) is 13.7. The number of hydrogen-bond donors (Lipinski definition) is 2. The molecule has 2 atom stereocenters. The fourth-order valence-electron chi connectivity index (χ4n) is 4.67. The number of nitriles is 1. The Kier molecular flexibility index (Phi) is 10.3. The Bertz CT molecular complexity index is 1300. The van der Waals surface area contributed by atoms with Crippen molar-refractivity contribution in [3.63, 3.8) is 0 Å². The van der Waals surface area contributed by atoms with Gasteiger partial charge in [-0.15, -0.1) is 5.10 Å². The molecule has 2 aromatic heterocycles. The normalized spacial score (nSPS) is 15.4. The molecule has 0 aliphatic heterocycles. The second-order valence-electron chi connectivity index (χ2n) is 10.2. The molecule has 1 aliphatic rings. The number of anilines is 2. The number of methoxy groups -OCH3 is 1. The second kappa shape index (κ2) is 14.3. The number of aliphatic imine (C=N–C) groups is 1. The number of benzene rings is 1. The lowest BCUT2D eigenvalue weighted by Crippen LogP contribution is -2.16. The molecule has 1 aliphatic carbocycles. The van der Waals surface area contributed by atoms with Crippen molar-refractivity contribution in [1.29, 1.82) is 5.26 Å². The Balaban J connectivity index is 1.51. The van der Waals surface area contributed by atoms with Crippen molar-refractivity contribution >= 4 is 18.0 Å². The molecule has 0 bridgehead atoms. The second-order valence-corrected chi connectivity index (χ2v) is 10.2. The molecule has 11 nitrogen and oxygen atoms in total. The van der Waals surface area contributed by atoms with Gasteiger partial charge in [0.25, 0.3) is 5.88 Å². The Labute approximate surface area is 235 Å². The summed E-state index contributed by atoms with van der Waals surface area (Å²) < 4.78 is 19.3. The first kappa shape index (κ1) is 28.8. The van der Waals surface area contributed by atoms with Gasteiger partial charge in [-0.05, 0) is 37.5 Å². The number of ether oxygens (including phenoxy) is 3. The molecule has 1 aromatic carbocycles. The van der Waals surface area contributed by atoms with Gasteiger partial charge in [-0.25, -0.2) is 9.97 Å². The lowest BCUT2D eigenvalue weighted by molar-refractivity contribution is 0.125. The fourth-order valence-corrected chi connectivity index (χ4v) is 4.67. The fraction of sp³-hybridized carbons (Fsp3) is 0.483. The Morgan fingerprint density at radius 1 is 1.18 bits per heavy atom. The van der Waals surface area contributed by atoms with E-state index in [9.17, 15) is 5.26 Å². The van der Waals surface area contributed by atoms with Crippen LogP contribution in [0.2, 0.25) is 0 Å². The molecule has 2 heterocycles. The maximum absolute atomic E-state index is 9.51. The lowest BCUT2D eigenvalue weighted by Gasteiger charge is -2.21. The number of aromatic nitrogens is 4. The maximum Gasteiger partial charge on any atom is 0.256 e. The van der Waals surface area contributed by atoms with Crippen molar-refractivity contribution in [2.24, 2.45) is 16.6 Å². The van der Waals surface area contributed by atoms with Crippen LogP contribution in [-0.4, -0.2) is 59.1 Å². The van der Waals surface area contributed by atoms with Crippen molar-refractivity contribution in [1.82, 2.24) is 19.7 Å². The van der Waals surface area contributed by atoms with Gasteiger partial charge in [-0.1, -0.05) is 32.3 Å². The highest BCUT2D eigenvalue weighted by atomic mass is 16.5. The highest BCUT2D eigenvalue weighted by molar-refractivity contribution is 5.67. The van der Waals surface area contributed by atoms with Crippen LogP contribution in [-0.2, 0) is 4.74 Å². The SMILES string of the molecule is COCC(C)COc1nn(C2CCCCC2)cc1Nc1ncc(-c2ccc(C#N)c(O[C@@H](C)CN=CN)c2)cn1. The number of hydrogen-bond acceptors (Lipinski definition) is 9. The van der Waals surface area contributed by atoms with Gasteiger partial charge in [0.05, 0.1) is 43.9 Å². The quantitative estimate of drug-likeness (QED) is 0.226. The van der Waals surface area contributed by atoms with Crippen LogP contribution in [0.1, 0.15) is 57.6 Å². The predicted molar refractivity (Wildman–Crippen MR) is 154 cm³/mol. The van der Waals surface area contributed by atoms with Crippen LogP contribution < -0.4 is 20.5 Å². The minimum Gasteiger partial charge on any atom is -0.487 e. The van der Waals surface area contributed by atoms with Gasteiger partial charge in [0.15, 0.2) is 0 Å². The number of rotatable bonds is 13. The molecule has 0 radical (unpaired) electrons. The van der Waals surface area contributed by atoms with Crippen LogP contribution >= 0.6 is 0 Å². The summed E-state index contributed by atoms with van der Waals surface area (Å²) in [6.45, 7) is 5.44. The monoisotopic (exact) mass is 546 g/mol. The van der Waals surface area contributed by atoms with Crippen LogP contribution in [0.3, 0.4) is 0 Å². The number of nitrogens with zero attached hydrogens (tertiary/aromatic N) is 6. The van der Waals surface area contributed by atoms with Crippen LogP contribution in [0.5, 0.6) is 11.6 Å². The zero-order chi connectivity index (χ0) is 28.3. The molecule has 40 heavy (non-hydrogen) atoms. The van der Waals surface area contributed by atoms with E-state index in [0.29, 0.717) is 48.9 Å². The van der Waals surface area contributed by atoms with Gasteiger partial charge in [0.1, 0.15) is 23.6 Å². The zero-order valence-corrected chi connectivity index (χ0v) is 23.4. The lowest BCUT2D eigenvalue weighted by atomic mass is 9.96. The first-order valence-corrected chi connectivity index (χ1v) is 13.7. The molecule has 0 saturated heterocycles. The molecular formula is C29H38N8O3. The molecule has 3 N–H and O–H groups in total. The standard InChI is InChI=1S/C29H38N8O3/c1-20(17-38-3)18-39-28-26(16-37(36-28)25-7-5-4-6-8-25)35-29-33-14-24(15-34-29)22-9-10-23(12-30)27(11-22)40-21(2)13-32-19-31/h9-11,14-16,19-21,25H,4-8,13,17-18H2,1-3H3,(H2,31,32)(H,33,34,35)/t20?,21-/m0/s1. The largest absolute Gasteiger partial charge is 0.487 e. The van der Waals surface area contributed by atoms with Crippen LogP contribution in [0.4, 0.5) is 11.6 Å². The third-order valence-corrected chi connectivity index (χ3v) is 6.73. The third-order valence-electron chi connectivity index (χ3n) is 6.73. The van der Waals surface area contributed by atoms with E-state index in [1.54, 1.807) is 25.6 Å². The average Bonchev–Trinajstić information content (AvgIpc) is 3.38. The number of nitrogens with one attached hydrogen (secondary N) is 1. The summed E-state index contributed by atoms with van der Waals surface area (Å²) in [6.07, 6.45) is 12.4. The van der Waals surface area contributed by atoms with Crippen molar-refractivity contribution in [3.8, 4) is 28.8 Å². The van der Waals surface area contributed by atoms with Crippen LogP contribution in [0.15, 0.2) is 41.8 Å². The van der Waals surface area contributed by atoms with Crippen molar-refractivity contribution < 1.29 is 14.2 Å². The Morgan fingerprint density at radius 3 is 2.65 bits per heavy atom. The molecule has 212 valence electrons. The topological polar surface area (TPSA) is 145 Å². The summed E-state index contributed by atoms with van der Waals surface area (Å²) in [5, 5.41) is 17.6. The van der Waals surface area contributed by atoms with Crippen molar-refractivity contribution in [2.75, 3.05) is 32.2 Å². The van der Waals surface area contributed by atoms with Gasteiger partial charge in [0, 0.05) is 31.0 Å². The number of nitrogens with two attached hydrogens (primary N) is 1. The van der Waals surface area contributed by atoms with E-state index in [4.69, 9.17) is 25.0 Å². The van der Waals surface area contributed by atoms with Crippen molar-refractivity contribution in [3.05, 3.63) is 42.4 Å². The average molecular weight is 547 g/mol. The van der Waals surface area contributed by atoms with Gasteiger partial charge in [-0.3, -0.25) is 9.67 Å². The summed E-state index contributed by atoms with van der Waals surface area (Å²) in [5.74, 6) is 1.66. The molecule has 0 amide bonds. The van der Waals surface area contributed by atoms with Gasteiger partial charge >= 0.3 is 0 Å². The van der Waals surface area contributed by atoms with Gasteiger partial charge in [0.2, 0.25) is 5.95 Å². The molecule has 1 unspecified atom stereocenters. The molecule has 0 spiro atoms. The minimum absolute atomic E-state index is 0.228. The maximum atomic E-state index is 9.51. The molecular weight excluding hydrogens is 508 g/mol. The van der Waals surface area contributed by atoms with Crippen LogP contribution in [0, 0.1) is 17.2 Å². The third kappa shape index (κ3) is 7.70. The van der Waals surface area contributed by atoms with E-state index < -0.39 is 0 Å². The predicted octanol–water partition coefficient (Wildman–Crippen LogP) is 4.88. The van der Waals surface area contributed by atoms with E-state index in [1.165, 1.54) is 25.6 Å². The van der Waals surface area contributed by atoms with E-state index in [2.05, 4.69) is 33.3 Å². The zero-order valence-electron chi connectivity index (χ0n) is 23.4. The van der Waals surface area contributed by atoms with E-state index in [0.717, 1.165) is 29.7 Å². The Hall–Kier alpha value is -4.17. The molecule has 11 heteroatoms. The van der Waals surface area contributed by atoms with E-state index >= 15 is 0 Å². The minimum atomic E-state index is -0.242. The van der Waals surface area contributed by atoms with E-state index in [-0.39, 0.29) is 12.0 Å². The summed E-state index contributed by atoms with van der Waals surface area (Å²) in [7, 11) is 1.69. The summed E-state index contributed by atoms with van der Waals surface area (Å²) in [4.78, 5) is 13.1. The highest BCUT2D eigenvalue weighted by Crippen LogP contribution is 2.33. The molecule has 4 rings (SSSR count). The Morgan fingerprint density at radius 2 is 1.95 bits per heavy atom. The molecule has 3 aromatic rings. The van der Waals surface area contributed by atoms with Gasteiger partial charge < -0.3 is 25.3 Å². The highest BCUT2D eigenvalue weighted by Gasteiger charge is 2.21. The smallest absolute Gasteiger partial charge is 0.256 e.